The summed E-state index contributed by atoms with van der Waals surface area (Å²) < 4.78 is 11.4. The molecule has 2 rings (SSSR count). The zero-order chi connectivity index (χ0) is 14.8. The van der Waals surface area contributed by atoms with Crippen molar-refractivity contribution in [2.75, 3.05) is 19.8 Å². The van der Waals surface area contributed by atoms with E-state index in [9.17, 15) is 0 Å². The summed E-state index contributed by atoms with van der Waals surface area (Å²) in [6, 6.07) is 0. The molecule has 2 heterocycles. The smallest absolute Gasteiger partial charge is 0.162 e. The Kier molecular flexibility index (Phi) is 4.99. The van der Waals surface area contributed by atoms with Crippen LogP contribution in [0.1, 0.15) is 56.6 Å². The molecule has 1 aliphatic rings. The van der Waals surface area contributed by atoms with Crippen LogP contribution in [-0.2, 0) is 15.1 Å². The monoisotopic (exact) mass is 298 g/mol. The molecule has 0 aliphatic carbocycles. The van der Waals surface area contributed by atoms with E-state index in [1.165, 1.54) is 0 Å². The Hall–Kier alpha value is -0.710. The van der Waals surface area contributed by atoms with Crippen molar-refractivity contribution < 1.29 is 9.47 Å². The first-order valence-electron chi connectivity index (χ1n) is 7.26. The molecule has 4 nitrogen and oxygen atoms in total. The van der Waals surface area contributed by atoms with Gasteiger partial charge in [-0.25, -0.2) is 9.97 Å². The van der Waals surface area contributed by atoms with E-state index in [2.05, 4.69) is 18.8 Å². The number of aromatic nitrogens is 2. The SMILES string of the molecule is CCOC1(c2nc(C)c(C(C)C)c(Cl)n2)CCOCC1. The van der Waals surface area contributed by atoms with Crippen molar-refractivity contribution in [2.45, 2.75) is 52.1 Å². The van der Waals surface area contributed by atoms with Gasteiger partial charge >= 0.3 is 0 Å². The minimum absolute atomic E-state index is 0.314. The molecule has 5 heteroatoms. The van der Waals surface area contributed by atoms with E-state index >= 15 is 0 Å². The van der Waals surface area contributed by atoms with Crippen molar-refractivity contribution in [2.24, 2.45) is 0 Å². The molecule has 0 amide bonds. The predicted octanol–water partition coefficient (Wildman–Crippen LogP) is 3.60. The Balaban J connectivity index is 2.44. The van der Waals surface area contributed by atoms with Gasteiger partial charge in [0.25, 0.3) is 0 Å². The van der Waals surface area contributed by atoms with E-state index < -0.39 is 5.60 Å². The highest BCUT2D eigenvalue weighted by atomic mass is 35.5. The maximum atomic E-state index is 6.37. The van der Waals surface area contributed by atoms with Crippen LogP contribution in [0.2, 0.25) is 5.15 Å². The second-order valence-electron chi connectivity index (χ2n) is 5.53. The molecule has 0 unspecified atom stereocenters. The minimum Gasteiger partial charge on any atom is -0.381 e. The third kappa shape index (κ3) is 2.97. The largest absolute Gasteiger partial charge is 0.381 e. The summed E-state index contributed by atoms with van der Waals surface area (Å²) >= 11 is 6.37. The van der Waals surface area contributed by atoms with Crippen molar-refractivity contribution in [3.8, 4) is 0 Å². The van der Waals surface area contributed by atoms with Crippen LogP contribution in [0.3, 0.4) is 0 Å². The van der Waals surface area contributed by atoms with Crippen LogP contribution in [0.5, 0.6) is 0 Å². The van der Waals surface area contributed by atoms with Gasteiger partial charge in [-0.1, -0.05) is 25.4 Å². The minimum atomic E-state index is -0.448. The van der Waals surface area contributed by atoms with E-state index in [1.54, 1.807) is 0 Å². The Morgan fingerprint density at radius 3 is 2.45 bits per heavy atom. The van der Waals surface area contributed by atoms with Gasteiger partial charge in [0.2, 0.25) is 0 Å². The molecule has 1 aromatic rings. The van der Waals surface area contributed by atoms with Crippen molar-refractivity contribution >= 4 is 11.6 Å². The molecule has 1 aromatic heterocycles. The molecular formula is C15H23ClN2O2. The molecule has 112 valence electrons. The predicted molar refractivity (Wildman–Crippen MR) is 79.2 cm³/mol. The van der Waals surface area contributed by atoms with E-state index in [4.69, 9.17) is 26.1 Å². The average molecular weight is 299 g/mol. The molecule has 0 bridgehead atoms. The highest BCUT2D eigenvalue weighted by Gasteiger charge is 2.39. The van der Waals surface area contributed by atoms with Crippen LogP contribution in [-0.4, -0.2) is 29.8 Å². The summed E-state index contributed by atoms with van der Waals surface area (Å²) in [5.41, 5.74) is 1.52. The summed E-state index contributed by atoms with van der Waals surface area (Å²) in [6.45, 7) is 10.2. The zero-order valence-corrected chi connectivity index (χ0v) is 13.5. The third-order valence-electron chi connectivity index (χ3n) is 3.80. The molecule has 0 N–H and O–H groups in total. The summed E-state index contributed by atoms with van der Waals surface area (Å²) in [7, 11) is 0. The quantitative estimate of drug-likeness (QED) is 0.797. The van der Waals surface area contributed by atoms with Crippen LogP contribution in [0, 0.1) is 6.92 Å². The molecule has 1 fully saturated rings. The number of rotatable bonds is 4. The van der Waals surface area contributed by atoms with Crippen molar-refractivity contribution in [1.29, 1.82) is 0 Å². The second kappa shape index (κ2) is 6.37. The van der Waals surface area contributed by atoms with Gasteiger partial charge in [0, 0.05) is 43.9 Å². The number of nitrogens with zero attached hydrogens (tertiary/aromatic N) is 2. The lowest BCUT2D eigenvalue weighted by Crippen LogP contribution is -2.38. The van der Waals surface area contributed by atoms with Gasteiger partial charge in [-0.15, -0.1) is 0 Å². The fourth-order valence-corrected chi connectivity index (χ4v) is 3.25. The number of ether oxygens (including phenoxy) is 2. The normalized spacial score (nSPS) is 18.5. The van der Waals surface area contributed by atoms with Crippen molar-refractivity contribution in [3.05, 3.63) is 22.2 Å². The van der Waals surface area contributed by atoms with E-state index in [0.29, 0.717) is 36.7 Å². The summed E-state index contributed by atoms with van der Waals surface area (Å²) in [6.07, 6.45) is 1.55. The number of halogens is 1. The van der Waals surface area contributed by atoms with Crippen LogP contribution < -0.4 is 0 Å². The van der Waals surface area contributed by atoms with Crippen LogP contribution in [0.15, 0.2) is 0 Å². The molecule has 0 spiro atoms. The van der Waals surface area contributed by atoms with Crippen LogP contribution in [0.25, 0.3) is 0 Å². The first-order chi connectivity index (χ1) is 9.50. The van der Waals surface area contributed by atoms with Crippen molar-refractivity contribution in [1.82, 2.24) is 9.97 Å². The van der Waals surface area contributed by atoms with Crippen LogP contribution >= 0.6 is 11.6 Å². The van der Waals surface area contributed by atoms with Gasteiger partial charge in [0.1, 0.15) is 10.8 Å². The highest BCUT2D eigenvalue weighted by molar-refractivity contribution is 6.30. The lowest BCUT2D eigenvalue weighted by molar-refractivity contribution is -0.117. The first kappa shape index (κ1) is 15.7. The maximum absolute atomic E-state index is 6.37. The van der Waals surface area contributed by atoms with Gasteiger partial charge in [-0.2, -0.15) is 0 Å². The summed E-state index contributed by atoms with van der Waals surface area (Å²) in [5.74, 6) is 1.02. The van der Waals surface area contributed by atoms with Crippen LogP contribution in [0.4, 0.5) is 0 Å². The number of hydrogen-bond donors (Lipinski definition) is 0. The molecule has 0 saturated carbocycles. The zero-order valence-electron chi connectivity index (χ0n) is 12.7. The molecule has 1 aliphatic heterocycles. The summed E-state index contributed by atoms with van der Waals surface area (Å²) in [5, 5.41) is 0.549. The molecule has 20 heavy (non-hydrogen) atoms. The molecular weight excluding hydrogens is 276 g/mol. The van der Waals surface area contributed by atoms with Gasteiger partial charge in [0.15, 0.2) is 5.82 Å². The van der Waals surface area contributed by atoms with E-state index in [-0.39, 0.29) is 0 Å². The van der Waals surface area contributed by atoms with E-state index in [1.807, 2.05) is 13.8 Å². The number of hydrogen-bond acceptors (Lipinski definition) is 4. The second-order valence-corrected chi connectivity index (χ2v) is 5.89. The summed E-state index contributed by atoms with van der Waals surface area (Å²) in [4.78, 5) is 9.24. The molecule has 0 aromatic carbocycles. The fraction of sp³-hybridized carbons (Fsp3) is 0.733. The van der Waals surface area contributed by atoms with Gasteiger partial charge in [-0.05, 0) is 19.8 Å². The fourth-order valence-electron chi connectivity index (χ4n) is 2.82. The van der Waals surface area contributed by atoms with Gasteiger partial charge in [0.05, 0.1) is 0 Å². The lowest BCUT2D eigenvalue weighted by atomic mass is 9.92. The van der Waals surface area contributed by atoms with Gasteiger partial charge in [-0.3, -0.25) is 0 Å². The Bertz CT molecular complexity index is 442. The first-order valence-corrected chi connectivity index (χ1v) is 7.64. The highest BCUT2D eigenvalue weighted by Crippen LogP contribution is 2.36. The Labute approximate surface area is 125 Å². The molecule has 0 atom stereocenters. The Morgan fingerprint density at radius 1 is 1.30 bits per heavy atom. The van der Waals surface area contributed by atoms with Gasteiger partial charge < -0.3 is 9.47 Å². The third-order valence-corrected chi connectivity index (χ3v) is 4.08. The Morgan fingerprint density at radius 2 is 1.95 bits per heavy atom. The maximum Gasteiger partial charge on any atom is 0.162 e. The average Bonchev–Trinajstić information content (AvgIpc) is 2.38. The van der Waals surface area contributed by atoms with E-state index in [0.717, 1.165) is 24.1 Å². The molecule has 1 saturated heterocycles. The lowest BCUT2D eigenvalue weighted by Gasteiger charge is -2.35. The van der Waals surface area contributed by atoms with Crippen molar-refractivity contribution in [3.63, 3.8) is 0 Å². The molecule has 0 radical (unpaired) electrons. The number of aryl methyl sites for hydroxylation is 1. The topological polar surface area (TPSA) is 44.2 Å². The standard InChI is InChI=1S/C15H23ClN2O2/c1-5-20-15(6-8-19-9-7-15)14-17-11(4)12(10(2)3)13(16)18-14/h10H,5-9H2,1-4H3.